The molecule has 0 aliphatic carbocycles. The maximum Gasteiger partial charge on any atom is 0.245 e. The van der Waals surface area contributed by atoms with Gasteiger partial charge in [-0.25, -0.2) is 12.8 Å². The number of halogens is 2. The Hall–Kier alpha value is -2.00. The predicted molar refractivity (Wildman–Crippen MR) is 115 cm³/mol. The van der Waals surface area contributed by atoms with Crippen molar-refractivity contribution in [2.75, 3.05) is 32.8 Å². The van der Waals surface area contributed by atoms with E-state index in [0.29, 0.717) is 37.6 Å². The van der Waals surface area contributed by atoms with Crippen LogP contribution in [-0.4, -0.2) is 56.3 Å². The first-order valence-corrected chi connectivity index (χ1v) is 12.1. The third-order valence-corrected chi connectivity index (χ3v) is 8.06. The van der Waals surface area contributed by atoms with E-state index >= 15 is 0 Å². The molecule has 0 N–H and O–H groups in total. The molecule has 0 bridgehead atoms. The fraction of sp³-hybridized carbons (Fsp3) is 0.409. The van der Waals surface area contributed by atoms with Crippen LogP contribution in [0.15, 0.2) is 53.4 Å². The first-order valence-electron chi connectivity index (χ1n) is 10.3. The van der Waals surface area contributed by atoms with Crippen molar-refractivity contribution in [2.45, 2.75) is 23.8 Å². The molecule has 4 rings (SSSR count). The topological polar surface area (TPSA) is 66.9 Å². The molecule has 1 atom stereocenters. The van der Waals surface area contributed by atoms with E-state index in [2.05, 4.69) is 0 Å². The number of carbonyl (C=O) groups excluding carboxylic acids is 1. The molecule has 1 amide bonds. The molecule has 0 aromatic heterocycles. The van der Waals surface area contributed by atoms with Crippen molar-refractivity contribution in [3.05, 3.63) is 64.9 Å². The summed E-state index contributed by atoms with van der Waals surface area (Å²) in [5.74, 6) is -0.997. The monoisotopic (exact) mass is 466 g/mol. The largest absolute Gasteiger partial charge is 0.370 e. The summed E-state index contributed by atoms with van der Waals surface area (Å²) in [6, 6.07) is 12.8. The lowest BCUT2D eigenvalue weighted by atomic mass is 9.96. The fourth-order valence-electron chi connectivity index (χ4n) is 4.12. The van der Waals surface area contributed by atoms with Crippen LogP contribution in [0, 0.1) is 11.7 Å². The predicted octanol–water partition coefficient (Wildman–Crippen LogP) is 3.48. The maximum absolute atomic E-state index is 14.0. The number of ether oxygens (including phenoxy) is 1. The lowest BCUT2D eigenvalue weighted by Gasteiger charge is -2.37. The van der Waals surface area contributed by atoms with Crippen molar-refractivity contribution in [3.63, 3.8) is 0 Å². The number of benzene rings is 2. The van der Waals surface area contributed by atoms with E-state index in [0.717, 1.165) is 11.6 Å². The molecule has 166 valence electrons. The van der Waals surface area contributed by atoms with Crippen LogP contribution >= 0.6 is 11.6 Å². The van der Waals surface area contributed by atoms with Gasteiger partial charge in [0.05, 0.1) is 13.2 Å². The first kappa shape index (κ1) is 22.2. The molecular weight excluding hydrogens is 443 g/mol. The zero-order chi connectivity index (χ0) is 22.0. The number of hydrogen-bond acceptors (Lipinski definition) is 4. The summed E-state index contributed by atoms with van der Waals surface area (Å²) in [6.07, 6.45) is 0.613. The maximum atomic E-state index is 14.0. The summed E-state index contributed by atoms with van der Waals surface area (Å²) in [5.41, 5.74) is 0.965. The molecule has 2 fully saturated rings. The molecule has 0 saturated carbocycles. The number of carbonyl (C=O) groups is 1. The van der Waals surface area contributed by atoms with E-state index in [9.17, 15) is 17.6 Å². The average molecular weight is 467 g/mol. The minimum atomic E-state index is -3.91. The Morgan fingerprint density at radius 3 is 2.39 bits per heavy atom. The van der Waals surface area contributed by atoms with Gasteiger partial charge in [0, 0.05) is 30.6 Å². The van der Waals surface area contributed by atoms with Crippen molar-refractivity contribution in [3.8, 4) is 0 Å². The highest BCUT2D eigenvalue weighted by molar-refractivity contribution is 7.89. The SMILES string of the molecule is O=C(C1CCN(S(=O)(=O)c2ccccc2F)CC1)N1CCOC(c2ccc(Cl)cc2)C1. The average Bonchev–Trinajstić information content (AvgIpc) is 2.79. The molecule has 2 aromatic carbocycles. The van der Waals surface area contributed by atoms with Gasteiger partial charge in [-0.1, -0.05) is 35.9 Å². The summed E-state index contributed by atoms with van der Waals surface area (Å²) in [7, 11) is -3.91. The Balaban J connectivity index is 1.38. The van der Waals surface area contributed by atoms with Crippen molar-refractivity contribution >= 4 is 27.5 Å². The molecule has 2 aromatic rings. The molecule has 2 aliphatic heterocycles. The van der Waals surface area contributed by atoms with E-state index in [1.54, 1.807) is 17.0 Å². The third-order valence-electron chi connectivity index (χ3n) is 5.88. The fourth-order valence-corrected chi connectivity index (χ4v) is 5.78. The van der Waals surface area contributed by atoms with E-state index in [1.165, 1.54) is 22.5 Å². The second kappa shape index (κ2) is 9.24. The van der Waals surface area contributed by atoms with Crippen LogP contribution in [0.1, 0.15) is 24.5 Å². The molecule has 2 heterocycles. The van der Waals surface area contributed by atoms with Crippen molar-refractivity contribution < 1.29 is 22.3 Å². The van der Waals surface area contributed by atoms with E-state index in [-0.39, 0.29) is 35.9 Å². The lowest BCUT2D eigenvalue weighted by molar-refractivity contribution is -0.144. The van der Waals surface area contributed by atoms with Crippen LogP contribution in [0.3, 0.4) is 0 Å². The Kier molecular flexibility index (Phi) is 6.62. The van der Waals surface area contributed by atoms with Crippen molar-refractivity contribution in [1.29, 1.82) is 0 Å². The number of rotatable bonds is 4. The zero-order valence-electron chi connectivity index (χ0n) is 16.9. The van der Waals surface area contributed by atoms with Gasteiger partial charge in [0.15, 0.2) is 0 Å². The number of amides is 1. The highest BCUT2D eigenvalue weighted by Gasteiger charge is 2.36. The summed E-state index contributed by atoms with van der Waals surface area (Å²) in [6.45, 7) is 1.79. The van der Waals surface area contributed by atoms with Gasteiger partial charge >= 0.3 is 0 Å². The third kappa shape index (κ3) is 4.77. The van der Waals surface area contributed by atoms with Crippen molar-refractivity contribution in [2.24, 2.45) is 5.92 Å². The highest BCUT2D eigenvalue weighted by Crippen LogP contribution is 2.29. The zero-order valence-corrected chi connectivity index (χ0v) is 18.5. The minimum absolute atomic E-state index is 0.0187. The Morgan fingerprint density at radius 2 is 1.71 bits per heavy atom. The smallest absolute Gasteiger partial charge is 0.245 e. The van der Waals surface area contributed by atoms with Crippen molar-refractivity contribution in [1.82, 2.24) is 9.21 Å². The van der Waals surface area contributed by atoms with Gasteiger partial charge in [-0.05, 0) is 42.7 Å². The Morgan fingerprint density at radius 1 is 1.03 bits per heavy atom. The standard InChI is InChI=1S/C22H24ClFN2O4S/c23-18-7-5-16(6-8-18)20-15-25(13-14-30-20)22(27)17-9-11-26(12-10-17)31(28,29)21-4-2-1-3-19(21)24/h1-8,17,20H,9-15H2. The number of morpholine rings is 1. The molecule has 0 spiro atoms. The van der Waals surface area contributed by atoms with E-state index < -0.39 is 15.8 Å². The minimum Gasteiger partial charge on any atom is -0.370 e. The molecule has 0 radical (unpaired) electrons. The Labute approximate surface area is 186 Å². The molecule has 6 nitrogen and oxygen atoms in total. The van der Waals surface area contributed by atoms with Gasteiger partial charge in [-0.15, -0.1) is 0 Å². The van der Waals surface area contributed by atoms with E-state index in [4.69, 9.17) is 16.3 Å². The molecule has 9 heteroatoms. The molecule has 2 saturated heterocycles. The molecule has 2 aliphatic rings. The van der Waals surface area contributed by atoms with Crippen LogP contribution in [-0.2, 0) is 19.6 Å². The number of piperidine rings is 1. The second-order valence-corrected chi connectivity index (χ2v) is 10.1. The van der Waals surface area contributed by atoms with Crippen LogP contribution in [0.25, 0.3) is 0 Å². The summed E-state index contributed by atoms with van der Waals surface area (Å²) >= 11 is 5.95. The number of nitrogens with zero attached hydrogens (tertiary/aromatic N) is 2. The normalized spacial score (nSPS) is 21.2. The second-order valence-electron chi connectivity index (χ2n) is 7.80. The van der Waals surface area contributed by atoms with Gasteiger partial charge in [0.25, 0.3) is 0 Å². The van der Waals surface area contributed by atoms with Crippen LogP contribution in [0.5, 0.6) is 0 Å². The van der Waals surface area contributed by atoms with Gasteiger partial charge in [0.1, 0.15) is 16.8 Å². The lowest BCUT2D eigenvalue weighted by Crippen LogP contribution is -2.48. The van der Waals surface area contributed by atoms with Gasteiger partial charge < -0.3 is 9.64 Å². The summed E-state index contributed by atoms with van der Waals surface area (Å²) in [4.78, 5) is 14.6. The van der Waals surface area contributed by atoms with Crippen LogP contribution in [0.4, 0.5) is 4.39 Å². The van der Waals surface area contributed by atoms with E-state index in [1.807, 2.05) is 12.1 Å². The Bertz CT molecular complexity index is 1040. The van der Waals surface area contributed by atoms with Gasteiger partial charge in [-0.3, -0.25) is 4.79 Å². The van der Waals surface area contributed by atoms with Crippen LogP contribution < -0.4 is 0 Å². The summed E-state index contributed by atoms with van der Waals surface area (Å²) in [5, 5.41) is 0.643. The van der Waals surface area contributed by atoms with Crippen LogP contribution in [0.2, 0.25) is 5.02 Å². The number of sulfonamides is 1. The first-order chi connectivity index (χ1) is 14.9. The number of hydrogen-bond donors (Lipinski definition) is 0. The molecule has 31 heavy (non-hydrogen) atoms. The summed E-state index contributed by atoms with van der Waals surface area (Å²) < 4.78 is 46.7. The highest BCUT2D eigenvalue weighted by atomic mass is 35.5. The quantitative estimate of drug-likeness (QED) is 0.692. The van der Waals surface area contributed by atoms with Gasteiger partial charge in [-0.2, -0.15) is 4.31 Å². The molecule has 1 unspecified atom stereocenters. The van der Waals surface area contributed by atoms with Gasteiger partial charge in [0.2, 0.25) is 15.9 Å². The molecular formula is C22H24ClFN2O4S.